The Morgan fingerprint density at radius 2 is 1.78 bits per heavy atom. The third-order valence-corrected chi connectivity index (χ3v) is 5.87. The second kappa shape index (κ2) is 7.43. The number of hydrogen-bond donors (Lipinski definition) is 2. The van der Waals surface area contributed by atoms with Gasteiger partial charge in [0.1, 0.15) is 11.1 Å². The van der Waals surface area contributed by atoms with Gasteiger partial charge in [-0.05, 0) is 48.9 Å². The van der Waals surface area contributed by atoms with Gasteiger partial charge in [-0.25, -0.2) is 0 Å². The summed E-state index contributed by atoms with van der Waals surface area (Å²) in [6.07, 6.45) is 1.92. The van der Waals surface area contributed by atoms with E-state index in [2.05, 4.69) is 10.3 Å². The highest BCUT2D eigenvalue weighted by molar-refractivity contribution is 6.21. The second-order valence-corrected chi connectivity index (χ2v) is 7.88. The van der Waals surface area contributed by atoms with E-state index in [1.165, 1.54) is 0 Å². The number of aromatic amines is 1. The van der Waals surface area contributed by atoms with E-state index < -0.39 is 0 Å². The highest BCUT2D eigenvalue weighted by atomic mass is 79.9. The Kier molecular flexibility index (Phi) is 4.68. The number of ketones is 1. The van der Waals surface area contributed by atoms with Crippen LogP contribution in [-0.4, -0.2) is 16.7 Å². The lowest BCUT2D eigenvalue weighted by Gasteiger charge is -2.06. The molecule has 2 aromatic heterocycles. The quantitative estimate of drug-likeness (QED) is 0.368. The number of aromatic nitrogens is 2. The summed E-state index contributed by atoms with van der Waals surface area (Å²) in [6, 6.07) is 22.9. The first-order chi connectivity index (χ1) is 15.1. The molecule has 5 nitrogen and oxygen atoms in total. The normalized spacial score (nSPS) is 11.8. The number of pyridine rings is 1. The van der Waals surface area contributed by atoms with Crippen molar-refractivity contribution < 1.29 is 31.1 Å². The maximum atomic E-state index is 13.1. The number of aryl methyl sites for hydroxylation is 1. The standard InChI is InChI=1S/C26H17N3O2.BrH/c1-15-5-4-6-17(13-15)27-26(31)16-9-10-21-20(14-16)18-11-12-29-22-8-3-2-7-19(22)25(30)24(29)23(18)28-21;/h2-14H,1H3,(H,27,31);1H. The number of benzene rings is 3. The highest BCUT2D eigenvalue weighted by Crippen LogP contribution is 2.31. The Labute approximate surface area is 194 Å². The summed E-state index contributed by atoms with van der Waals surface area (Å²) in [5, 5.41) is 4.80. The van der Waals surface area contributed by atoms with Gasteiger partial charge < -0.3 is 27.3 Å². The summed E-state index contributed by atoms with van der Waals surface area (Å²) in [4.78, 5) is 29.3. The van der Waals surface area contributed by atoms with Gasteiger partial charge in [-0.1, -0.05) is 24.3 Å². The highest BCUT2D eigenvalue weighted by Gasteiger charge is 2.38. The number of hydrogen-bond acceptors (Lipinski definition) is 2. The SMILES string of the molecule is Cc1cccc(NC(=O)c2ccc3[nH]c4c5[n+](ccc4c3c2)-c2ccccc2C5=O)c1.[Br-]. The van der Waals surface area contributed by atoms with Gasteiger partial charge >= 0.3 is 0 Å². The van der Waals surface area contributed by atoms with Gasteiger partial charge in [0, 0.05) is 39.7 Å². The first-order valence-electron chi connectivity index (χ1n) is 10.1. The van der Waals surface area contributed by atoms with Gasteiger partial charge in [0.05, 0.1) is 0 Å². The van der Waals surface area contributed by atoms with Crippen LogP contribution in [0.2, 0.25) is 0 Å². The monoisotopic (exact) mass is 483 g/mol. The number of nitrogens with one attached hydrogen (secondary N) is 2. The zero-order valence-corrected chi connectivity index (χ0v) is 18.7. The van der Waals surface area contributed by atoms with Crippen molar-refractivity contribution in [3.8, 4) is 5.69 Å². The van der Waals surface area contributed by atoms with E-state index in [1.54, 1.807) is 6.07 Å². The molecule has 0 aliphatic carbocycles. The van der Waals surface area contributed by atoms with E-state index >= 15 is 0 Å². The van der Waals surface area contributed by atoms with Gasteiger partial charge in [0.15, 0.2) is 6.20 Å². The van der Waals surface area contributed by atoms with Crippen molar-refractivity contribution in [2.24, 2.45) is 0 Å². The van der Waals surface area contributed by atoms with Crippen molar-refractivity contribution in [2.75, 3.05) is 5.32 Å². The molecule has 0 atom stereocenters. The molecule has 1 aliphatic heterocycles. The molecule has 2 N–H and O–H groups in total. The van der Waals surface area contributed by atoms with Gasteiger partial charge in [-0.2, -0.15) is 4.57 Å². The summed E-state index contributed by atoms with van der Waals surface area (Å²) in [5.74, 6) is -0.161. The summed E-state index contributed by atoms with van der Waals surface area (Å²) >= 11 is 0. The molecular weight excluding hydrogens is 466 g/mol. The molecule has 3 heterocycles. The predicted molar refractivity (Wildman–Crippen MR) is 120 cm³/mol. The lowest BCUT2D eigenvalue weighted by atomic mass is 10.1. The van der Waals surface area contributed by atoms with Crippen molar-refractivity contribution in [3.63, 3.8) is 0 Å². The zero-order valence-electron chi connectivity index (χ0n) is 17.1. The summed E-state index contributed by atoms with van der Waals surface area (Å²) in [6.45, 7) is 1.99. The molecule has 156 valence electrons. The van der Waals surface area contributed by atoms with Crippen LogP contribution < -0.4 is 26.9 Å². The van der Waals surface area contributed by atoms with Gasteiger partial charge in [-0.3, -0.25) is 9.59 Å². The number of halogens is 1. The summed E-state index contributed by atoms with van der Waals surface area (Å²) in [7, 11) is 0. The zero-order chi connectivity index (χ0) is 21.1. The van der Waals surface area contributed by atoms with Crippen molar-refractivity contribution in [2.45, 2.75) is 6.92 Å². The van der Waals surface area contributed by atoms with Gasteiger partial charge in [-0.15, -0.1) is 0 Å². The molecule has 5 aromatic rings. The maximum absolute atomic E-state index is 13.1. The molecule has 32 heavy (non-hydrogen) atoms. The molecule has 0 bridgehead atoms. The van der Waals surface area contributed by atoms with Crippen molar-refractivity contribution in [3.05, 3.63) is 101 Å². The molecule has 0 fully saturated rings. The first-order valence-corrected chi connectivity index (χ1v) is 10.1. The van der Waals surface area contributed by atoms with Gasteiger partial charge in [0.25, 0.3) is 17.4 Å². The number of fused-ring (bicyclic) bond motifs is 7. The van der Waals surface area contributed by atoms with Crippen LogP contribution in [0.25, 0.3) is 27.5 Å². The van der Waals surface area contributed by atoms with Crippen LogP contribution in [-0.2, 0) is 0 Å². The Bertz CT molecular complexity index is 1570. The first kappa shape index (κ1) is 20.2. The third-order valence-electron chi connectivity index (χ3n) is 5.87. The average molecular weight is 484 g/mol. The van der Waals surface area contributed by atoms with Crippen molar-refractivity contribution in [1.29, 1.82) is 0 Å². The van der Waals surface area contributed by atoms with E-state index in [9.17, 15) is 9.59 Å². The Morgan fingerprint density at radius 3 is 2.62 bits per heavy atom. The second-order valence-electron chi connectivity index (χ2n) is 7.88. The van der Waals surface area contributed by atoms with E-state index in [-0.39, 0.29) is 28.7 Å². The molecule has 1 amide bonds. The molecular formula is C26H18BrN3O2. The lowest BCUT2D eigenvalue weighted by Crippen LogP contribution is -3.00. The van der Waals surface area contributed by atoms with Crippen LogP contribution in [0.1, 0.15) is 32.0 Å². The number of amides is 1. The van der Waals surface area contributed by atoms with Crippen LogP contribution in [0.5, 0.6) is 0 Å². The van der Waals surface area contributed by atoms with E-state index in [1.807, 2.05) is 84.4 Å². The van der Waals surface area contributed by atoms with Crippen LogP contribution in [0.4, 0.5) is 5.69 Å². The Balaban J connectivity index is 0.00000216. The topological polar surface area (TPSA) is 65.8 Å². The van der Waals surface area contributed by atoms with E-state index in [0.717, 1.165) is 38.7 Å². The van der Waals surface area contributed by atoms with Crippen LogP contribution >= 0.6 is 0 Å². The number of rotatable bonds is 2. The van der Waals surface area contributed by atoms with Gasteiger partial charge in [0.2, 0.25) is 5.69 Å². The molecule has 6 rings (SSSR count). The number of anilines is 1. The Hall–Kier alpha value is -3.77. The number of carbonyl (C=O) groups is 2. The van der Waals surface area contributed by atoms with E-state index in [4.69, 9.17) is 0 Å². The number of nitrogens with zero attached hydrogens (tertiary/aromatic N) is 1. The molecule has 0 radical (unpaired) electrons. The molecule has 1 aliphatic rings. The molecule has 6 heteroatoms. The van der Waals surface area contributed by atoms with Crippen molar-refractivity contribution >= 4 is 39.2 Å². The minimum absolute atomic E-state index is 0. The van der Waals surface area contributed by atoms with Crippen LogP contribution in [0, 0.1) is 6.92 Å². The summed E-state index contributed by atoms with van der Waals surface area (Å²) in [5.41, 5.74) is 6.31. The lowest BCUT2D eigenvalue weighted by molar-refractivity contribution is -0.592. The summed E-state index contributed by atoms with van der Waals surface area (Å²) < 4.78 is 1.93. The Morgan fingerprint density at radius 1 is 0.938 bits per heavy atom. The molecule has 0 spiro atoms. The largest absolute Gasteiger partial charge is 1.00 e. The van der Waals surface area contributed by atoms with Crippen molar-refractivity contribution in [1.82, 2.24) is 4.98 Å². The fourth-order valence-electron chi connectivity index (χ4n) is 4.41. The minimum Gasteiger partial charge on any atom is -1.00 e. The fraction of sp³-hybridized carbons (Fsp3) is 0.0385. The fourth-order valence-corrected chi connectivity index (χ4v) is 4.41. The number of para-hydroxylation sites is 1. The average Bonchev–Trinajstić information content (AvgIpc) is 3.29. The number of H-pyrrole nitrogens is 1. The molecule has 0 unspecified atom stereocenters. The minimum atomic E-state index is -0.166. The smallest absolute Gasteiger partial charge is 0.284 e. The molecule has 3 aromatic carbocycles. The molecule has 0 saturated heterocycles. The van der Waals surface area contributed by atoms with E-state index in [0.29, 0.717) is 16.8 Å². The number of carbonyl (C=O) groups excluding carboxylic acids is 2. The third kappa shape index (κ3) is 2.95. The maximum Gasteiger partial charge on any atom is 0.284 e. The van der Waals surface area contributed by atoms with Crippen LogP contribution in [0.3, 0.4) is 0 Å². The predicted octanol–water partition coefficient (Wildman–Crippen LogP) is 1.71. The van der Waals surface area contributed by atoms with Crippen LogP contribution in [0.15, 0.2) is 79.0 Å². The molecule has 0 saturated carbocycles.